The number of nitrogens with two attached hydrogens (primary N) is 1. The summed E-state index contributed by atoms with van der Waals surface area (Å²) in [6, 6.07) is 3.84. The molecule has 0 spiro atoms. The summed E-state index contributed by atoms with van der Waals surface area (Å²) in [5.41, 5.74) is 9.18. The number of hydrogen-bond acceptors (Lipinski definition) is 5. The molecule has 84 valence electrons. The zero-order valence-corrected chi connectivity index (χ0v) is 9.70. The van der Waals surface area contributed by atoms with E-state index in [2.05, 4.69) is 15.3 Å². The van der Waals surface area contributed by atoms with Crippen molar-refractivity contribution in [2.24, 2.45) is 0 Å². The molecule has 0 fully saturated rings. The number of anilines is 1. The minimum atomic E-state index is 0.710. The smallest absolute Gasteiger partial charge is 0.0794 e. The highest BCUT2D eigenvalue weighted by Gasteiger charge is 1.96. The zero-order chi connectivity index (χ0) is 11.2. The van der Waals surface area contributed by atoms with Gasteiger partial charge < -0.3 is 11.1 Å². The molecule has 0 aliphatic heterocycles. The number of nitrogens with one attached hydrogen (secondary N) is 1. The van der Waals surface area contributed by atoms with Crippen LogP contribution in [-0.2, 0) is 13.0 Å². The molecule has 0 unspecified atom stereocenters. The fraction of sp³-hybridized carbons (Fsp3) is 0.273. The van der Waals surface area contributed by atoms with E-state index in [-0.39, 0.29) is 0 Å². The van der Waals surface area contributed by atoms with Crippen LogP contribution >= 0.6 is 11.3 Å². The average Bonchev–Trinajstić information content (AvgIpc) is 2.80. The molecule has 0 bridgehead atoms. The Bertz CT molecular complexity index is 410. The van der Waals surface area contributed by atoms with Gasteiger partial charge in [0.25, 0.3) is 0 Å². The number of hydrogen-bond donors (Lipinski definition) is 2. The Morgan fingerprint density at radius 1 is 1.31 bits per heavy atom. The summed E-state index contributed by atoms with van der Waals surface area (Å²) >= 11 is 1.67. The second-order valence-corrected chi connectivity index (χ2v) is 4.45. The van der Waals surface area contributed by atoms with E-state index in [4.69, 9.17) is 5.73 Å². The molecule has 0 aliphatic rings. The molecule has 5 heteroatoms. The van der Waals surface area contributed by atoms with E-state index in [0.29, 0.717) is 5.69 Å². The van der Waals surface area contributed by atoms with E-state index in [1.165, 1.54) is 4.88 Å². The van der Waals surface area contributed by atoms with Crippen LogP contribution in [0.1, 0.15) is 10.6 Å². The lowest BCUT2D eigenvalue weighted by molar-refractivity contribution is 0.685. The van der Waals surface area contributed by atoms with Gasteiger partial charge in [-0.2, -0.15) is 0 Å². The molecular weight excluding hydrogens is 220 g/mol. The first-order chi connectivity index (χ1) is 7.84. The monoisotopic (exact) mass is 234 g/mol. The van der Waals surface area contributed by atoms with Crippen molar-refractivity contribution in [3.8, 4) is 0 Å². The molecule has 0 amide bonds. The summed E-state index contributed by atoms with van der Waals surface area (Å²) in [7, 11) is 0. The lowest BCUT2D eigenvalue weighted by Gasteiger charge is -2.02. The van der Waals surface area contributed by atoms with E-state index >= 15 is 0 Å². The van der Waals surface area contributed by atoms with Crippen molar-refractivity contribution in [1.29, 1.82) is 0 Å². The van der Waals surface area contributed by atoms with E-state index in [0.717, 1.165) is 25.2 Å². The van der Waals surface area contributed by atoms with E-state index in [9.17, 15) is 0 Å². The van der Waals surface area contributed by atoms with Crippen LogP contribution in [-0.4, -0.2) is 16.5 Å². The predicted molar refractivity (Wildman–Crippen MR) is 66.2 cm³/mol. The van der Waals surface area contributed by atoms with Gasteiger partial charge >= 0.3 is 0 Å². The number of thiazole rings is 1. The molecule has 2 rings (SSSR count). The van der Waals surface area contributed by atoms with E-state index in [1.807, 2.05) is 23.8 Å². The van der Waals surface area contributed by atoms with Crippen molar-refractivity contribution >= 4 is 17.0 Å². The first-order valence-corrected chi connectivity index (χ1v) is 6.01. The predicted octanol–water partition coefficient (Wildman–Crippen LogP) is 1.45. The molecule has 0 aliphatic carbocycles. The Morgan fingerprint density at radius 3 is 2.94 bits per heavy atom. The Morgan fingerprint density at radius 2 is 2.25 bits per heavy atom. The SMILES string of the molecule is Nc1ccc(CCNCc2cncs2)nc1. The van der Waals surface area contributed by atoms with Crippen molar-refractivity contribution in [3.05, 3.63) is 40.6 Å². The molecule has 3 N–H and O–H groups in total. The van der Waals surface area contributed by atoms with Gasteiger partial charge in [0.1, 0.15) is 0 Å². The molecule has 16 heavy (non-hydrogen) atoms. The van der Waals surface area contributed by atoms with Crippen LogP contribution in [0, 0.1) is 0 Å². The van der Waals surface area contributed by atoms with Crippen molar-refractivity contribution in [1.82, 2.24) is 15.3 Å². The number of nitrogen functional groups attached to an aromatic ring is 1. The van der Waals surface area contributed by atoms with Crippen LogP contribution in [0.2, 0.25) is 0 Å². The first-order valence-electron chi connectivity index (χ1n) is 5.13. The highest BCUT2D eigenvalue weighted by Crippen LogP contribution is 2.04. The van der Waals surface area contributed by atoms with Gasteiger partial charge in [0.2, 0.25) is 0 Å². The van der Waals surface area contributed by atoms with E-state index < -0.39 is 0 Å². The summed E-state index contributed by atoms with van der Waals surface area (Å²) in [6.45, 7) is 1.79. The number of aromatic nitrogens is 2. The van der Waals surface area contributed by atoms with Crippen molar-refractivity contribution < 1.29 is 0 Å². The molecule has 0 saturated carbocycles. The summed E-state index contributed by atoms with van der Waals surface area (Å²) < 4.78 is 0. The van der Waals surface area contributed by atoms with Crippen LogP contribution < -0.4 is 11.1 Å². The third-order valence-electron chi connectivity index (χ3n) is 2.19. The molecule has 0 aromatic carbocycles. The summed E-state index contributed by atoms with van der Waals surface area (Å²) in [6.07, 6.45) is 4.50. The highest BCUT2D eigenvalue weighted by molar-refractivity contribution is 7.09. The molecule has 0 saturated heterocycles. The van der Waals surface area contributed by atoms with Gasteiger partial charge in [0.15, 0.2) is 0 Å². The Labute approximate surface area is 98.6 Å². The third-order valence-corrected chi connectivity index (χ3v) is 2.97. The Kier molecular flexibility index (Phi) is 3.85. The number of rotatable bonds is 5. The molecule has 0 atom stereocenters. The van der Waals surface area contributed by atoms with Gasteiger partial charge in [0.05, 0.1) is 17.4 Å². The highest BCUT2D eigenvalue weighted by atomic mass is 32.1. The standard InChI is InChI=1S/C11H14N4S/c12-9-1-2-10(15-5-9)3-4-13-6-11-7-14-8-16-11/h1-2,5,7-8,13H,3-4,6,12H2. The minimum Gasteiger partial charge on any atom is -0.397 e. The van der Waals surface area contributed by atoms with Gasteiger partial charge in [-0.05, 0) is 12.1 Å². The maximum absolute atomic E-state index is 5.56. The Hall–Kier alpha value is -1.46. The van der Waals surface area contributed by atoms with Gasteiger partial charge in [-0.1, -0.05) is 0 Å². The molecule has 0 radical (unpaired) electrons. The fourth-order valence-corrected chi connectivity index (χ4v) is 1.91. The molecule has 4 nitrogen and oxygen atoms in total. The quantitative estimate of drug-likeness (QED) is 0.769. The van der Waals surface area contributed by atoms with Crippen molar-refractivity contribution in [2.75, 3.05) is 12.3 Å². The summed E-state index contributed by atoms with van der Waals surface area (Å²) in [5.74, 6) is 0. The second kappa shape index (κ2) is 5.58. The zero-order valence-electron chi connectivity index (χ0n) is 8.89. The number of pyridine rings is 1. The second-order valence-electron chi connectivity index (χ2n) is 3.48. The van der Waals surface area contributed by atoms with E-state index in [1.54, 1.807) is 17.5 Å². The first kappa shape index (κ1) is 11.0. The van der Waals surface area contributed by atoms with Crippen LogP contribution in [0.25, 0.3) is 0 Å². The summed E-state index contributed by atoms with van der Waals surface area (Å²) in [4.78, 5) is 9.51. The van der Waals surface area contributed by atoms with Gasteiger partial charge in [-0.15, -0.1) is 11.3 Å². The topological polar surface area (TPSA) is 63.8 Å². The maximum Gasteiger partial charge on any atom is 0.0794 e. The summed E-state index contributed by atoms with van der Waals surface area (Å²) in [5, 5.41) is 3.35. The Balaban J connectivity index is 1.70. The van der Waals surface area contributed by atoms with Crippen LogP contribution in [0.15, 0.2) is 30.0 Å². The molecule has 2 aromatic rings. The van der Waals surface area contributed by atoms with Crippen molar-refractivity contribution in [3.63, 3.8) is 0 Å². The molecule has 2 heterocycles. The minimum absolute atomic E-state index is 0.710. The van der Waals surface area contributed by atoms with Crippen LogP contribution in [0.3, 0.4) is 0 Å². The lowest BCUT2D eigenvalue weighted by atomic mass is 10.2. The molecular formula is C11H14N4S. The normalized spacial score (nSPS) is 10.5. The fourth-order valence-electron chi connectivity index (χ4n) is 1.34. The largest absolute Gasteiger partial charge is 0.397 e. The van der Waals surface area contributed by atoms with Gasteiger partial charge in [0, 0.05) is 36.3 Å². The van der Waals surface area contributed by atoms with Crippen LogP contribution in [0.5, 0.6) is 0 Å². The van der Waals surface area contributed by atoms with Gasteiger partial charge in [-0.3, -0.25) is 9.97 Å². The van der Waals surface area contributed by atoms with Gasteiger partial charge in [-0.25, -0.2) is 0 Å². The average molecular weight is 234 g/mol. The van der Waals surface area contributed by atoms with Crippen molar-refractivity contribution in [2.45, 2.75) is 13.0 Å². The van der Waals surface area contributed by atoms with Crippen LogP contribution in [0.4, 0.5) is 5.69 Å². The third kappa shape index (κ3) is 3.29. The lowest BCUT2D eigenvalue weighted by Crippen LogP contribution is -2.16. The number of nitrogens with zero attached hydrogens (tertiary/aromatic N) is 2. The molecule has 2 aromatic heterocycles. The maximum atomic E-state index is 5.56.